The van der Waals surface area contributed by atoms with Crippen LogP contribution < -0.4 is 15.5 Å². The number of benzene rings is 2. The third-order valence-electron chi connectivity index (χ3n) is 5.44. The monoisotopic (exact) mass is 427 g/mol. The minimum Gasteiger partial charge on any atom is -0.378 e. The molecule has 6 nitrogen and oxygen atoms in total. The van der Waals surface area contributed by atoms with E-state index in [1.54, 1.807) is 24.3 Å². The van der Waals surface area contributed by atoms with Crippen LogP contribution in [0, 0.1) is 5.82 Å². The average molecular weight is 428 g/mol. The molecule has 0 aliphatic carbocycles. The van der Waals surface area contributed by atoms with E-state index in [2.05, 4.69) is 10.6 Å². The molecule has 2 aromatic rings. The topological polar surface area (TPSA) is 70.7 Å². The molecule has 2 N–H and O–H groups in total. The summed E-state index contributed by atoms with van der Waals surface area (Å²) in [6.07, 6.45) is 1.06. The summed E-state index contributed by atoms with van der Waals surface area (Å²) in [7, 11) is 3.85. The molecule has 1 fully saturated rings. The summed E-state index contributed by atoms with van der Waals surface area (Å²) in [5, 5.41) is 5.87. The van der Waals surface area contributed by atoms with Crippen LogP contribution in [0.15, 0.2) is 48.5 Å². The smallest absolute Gasteiger partial charge is 0.251 e. The van der Waals surface area contributed by atoms with Crippen LogP contribution in [0.1, 0.15) is 48.2 Å². The minimum atomic E-state index is -0.440. The van der Waals surface area contributed by atoms with Gasteiger partial charge in [-0.05, 0) is 43.5 Å². The van der Waals surface area contributed by atoms with Crippen LogP contribution in [-0.4, -0.2) is 44.6 Å². The van der Waals surface area contributed by atoms with Crippen molar-refractivity contribution in [2.45, 2.75) is 44.4 Å². The van der Waals surface area contributed by atoms with E-state index in [0.717, 1.165) is 5.69 Å². The van der Waals surface area contributed by atoms with E-state index >= 15 is 0 Å². The molecule has 1 aliphatic heterocycles. The van der Waals surface area contributed by atoms with Crippen molar-refractivity contribution >= 4 is 17.5 Å². The minimum absolute atomic E-state index is 0.103. The molecule has 3 atom stereocenters. The predicted octanol–water partition coefficient (Wildman–Crippen LogP) is 3.44. The zero-order chi connectivity index (χ0) is 22.4. The van der Waals surface area contributed by atoms with Gasteiger partial charge in [0.15, 0.2) is 0 Å². The first-order chi connectivity index (χ1) is 14.8. The molecular weight excluding hydrogens is 397 g/mol. The molecule has 166 valence electrons. The number of hydrogen-bond donors (Lipinski definition) is 2. The third kappa shape index (κ3) is 6.28. The van der Waals surface area contributed by atoms with Crippen molar-refractivity contribution in [2.75, 3.05) is 25.5 Å². The number of nitrogens with zero attached hydrogens (tertiary/aromatic N) is 1. The van der Waals surface area contributed by atoms with Crippen molar-refractivity contribution in [3.63, 3.8) is 0 Å². The summed E-state index contributed by atoms with van der Waals surface area (Å²) in [5.74, 6) is -0.584. The highest BCUT2D eigenvalue weighted by Crippen LogP contribution is 2.33. The van der Waals surface area contributed by atoms with Gasteiger partial charge in [0.25, 0.3) is 5.91 Å². The molecule has 1 saturated heterocycles. The predicted molar refractivity (Wildman–Crippen MR) is 119 cm³/mol. The van der Waals surface area contributed by atoms with Crippen LogP contribution in [0.2, 0.25) is 0 Å². The maximum Gasteiger partial charge on any atom is 0.251 e. The molecule has 0 radical (unpaired) electrons. The second-order valence-electron chi connectivity index (χ2n) is 8.13. The van der Waals surface area contributed by atoms with Gasteiger partial charge in [-0.25, -0.2) is 4.39 Å². The van der Waals surface area contributed by atoms with Crippen molar-refractivity contribution in [3.8, 4) is 0 Å². The zero-order valence-corrected chi connectivity index (χ0v) is 18.2. The van der Waals surface area contributed by atoms with E-state index in [9.17, 15) is 14.0 Å². The number of anilines is 1. The van der Waals surface area contributed by atoms with Gasteiger partial charge in [-0.3, -0.25) is 9.59 Å². The Morgan fingerprint density at radius 3 is 2.61 bits per heavy atom. The fourth-order valence-corrected chi connectivity index (χ4v) is 3.92. The fourth-order valence-electron chi connectivity index (χ4n) is 3.92. The maximum atomic E-state index is 14.3. The van der Waals surface area contributed by atoms with Crippen LogP contribution in [0.4, 0.5) is 10.1 Å². The van der Waals surface area contributed by atoms with Crippen LogP contribution in [-0.2, 0) is 9.53 Å². The van der Waals surface area contributed by atoms with Crippen LogP contribution >= 0.6 is 0 Å². The van der Waals surface area contributed by atoms with Gasteiger partial charge in [-0.1, -0.05) is 24.3 Å². The normalized spacial score (nSPS) is 20.7. The van der Waals surface area contributed by atoms with Crippen molar-refractivity contribution in [1.82, 2.24) is 10.6 Å². The number of halogens is 1. The number of carbonyl (C=O) groups is 2. The Balaban J connectivity index is 1.61. The van der Waals surface area contributed by atoms with Gasteiger partial charge in [0, 0.05) is 50.4 Å². The van der Waals surface area contributed by atoms with E-state index in [1.165, 1.54) is 13.0 Å². The molecule has 0 saturated carbocycles. The molecule has 0 unspecified atom stereocenters. The fraction of sp³-hybridized carbons (Fsp3) is 0.417. The molecule has 0 spiro atoms. The van der Waals surface area contributed by atoms with Gasteiger partial charge in [0.1, 0.15) is 5.82 Å². The standard InChI is InChI=1S/C24H30FN3O3/c1-16(29)27-18-14-20(31-23(15-18)21-9-4-5-10-22(21)25)11-12-26-24(30)17-7-6-8-19(13-17)28(2)3/h4-10,13,18,20,23H,11-12,14-15H2,1-3H3,(H,26,30)(H,27,29)/t18-,20+,23+/m0/s1. The van der Waals surface area contributed by atoms with Gasteiger partial charge in [0.05, 0.1) is 12.2 Å². The molecular formula is C24H30FN3O3. The van der Waals surface area contributed by atoms with E-state index in [-0.39, 0.29) is 29.8 Å². The first kappa shape index (κ1) is 22.7. The largest absolute Gasteiger partial charge is 0.378 e. The molecule has 3 rings (SSSR count). The highest BCUT2D eigenvalue weighted by atomic mass is 19.1. The Kier molecular flexibility index (Phi) is 7.63. The second-order valence-corrected chi connectivity index (χ2v) is 8.13. The van der Waals surface area contributed by atoms with Crippen molar-refractivity contribution in [2.24, 2.45) is 0 Å². The Bertz CT molecular complexity index is 918. The van der Waals surface area contributed by atoms with Crippen LogP contribution in [0.5, 0.6) is 0 Å². The van der Waals surface area contributed by atoms with E-state index < -0.39 is 6.10 Å². The van der Waals surface area contributed by atoms with Gasteiger partial charge < -0.3 is 20.3 Å². The highest BCUT2D eigenvalue weighted by Gasteiger charge is 2.32. The number of carbonyl (C=O) groups excluding carboxylic acids is 2. The molecule has 1 heterocycles. The summed E-state index contributed by atoms with van der Waals surface area (Å²) in [6.45, 7) is 1.90. The Morgan fingerprint density at radius 1 is 1.13 bits per heavy atom. The molecule has 0 bridgehead atoms. The van der Waals surface area contributed by atoms with Crippen LogP contribution in [0.3, 0.4) is 0 Å². The van der Waals surface area contributed by atoms with Gasteiger partial charge >= 0.3 is 0 Å². The number of ether oxygens (including phenoxy) is 1. The molecule has 7 heteroatoms. The number of hydrogen-bond acceptors (Lipinski definition) is 4. The quantitative estimate of drug-likeness (QED) is 0.710. The van der Waals surface area contributed by atoms with Gasteiger partial charge in [-0.15, -0.1) is 0 Å². The first-order valence-electron chi connectivity index (χ1n) is 10.6. The van der Waals surface area contributed by atoms with Crippen LogP contribution in [0.25, 0.3) is 0 Å². The first-order valence-corrected chi connectivity index (χ1v) is 10.6. The van der Waals surface area contributed by atoms with Gasteiger partial charge in [-0.2, -0.15) is 0 Å². The summed E-state index contributed by atoms with van der Waals surface area (Å²) in [6, 6.07) is 13.9. The average Bonchev–Trinajstić information content (AvgIpc) is 2.73. The number of rotatable bonds is 7. The van der Waals surface area contributed by atoms with Crippen molar-refractivity contribution < 1.29 is 18.7 Å². The second kappa shape index (κ2) is 10.4. The van der Waals surface area contributed by atoms with Gasteiger partial charge in [0.2, 0.25) is 5.91 Å². The lowest BCUT2D eigenvalue weighted by atomic mass is 9.92. The lowest BCUT2D eigenvalue weighted by molar-refractivity contribution is -0.122. The molecule has 2 amide bonds. The molecule has 2 aromatic carbocycles. The maximum absolute atomic E-state index is 14.3. The Hall–Kier alpha value is -2.93. The lowest BCUT2D eigenvalue weighted by Crippen LogP contribution is -2.43. The summed E-state index contributed by atoms with van der Waals surface area (Å²) in [5.41, 5.74) is 2.04. The van der Waals surface area contributed by atoms with Crippen molar-refractivity contribution in [1.29, 1.82) is 0 Å². The lowest BCUT2D eigenvalue weighted by Gasteiger charge is -2.36. The summed E-state index contributed by atoms with van der Waals surface area (Å²) >= 11 is 0. The third-order valence-corrected chi connectivity index (χ3v) is 5.44. The summed E-state index contributed by atoms with van der Waals surface area (Å²) in [4.78, 5) is 26.0. The summed E-state index contributed by atoms with van der Waals surface area (Å²) < 4.78 is 20.5. The Morgan fingerprint density at radius 2 is 1.90 bits per heavy atom. The number of nitrogens with one attached hydrogen (secondary N) is 2. The SMILES string of the molecule is CC(=O)N[C@H]1C[C@@H](CCNC(=O)c2cccc(N(C)C)c2)O[C@@H](c2ccccc2F)C1. The molecule has 31 heavy (non-hydrogen) atoms. The molecule has 1 aliphatic rings. The van der Waals surface area contributed by atoms with E-state index in [1.807, 2.05) is 37.2 Å². The van der Waals surface area contributed by atoms with E-state index in [0.29, 0.717) is 36.9 Å². The molecule has 0 aromatic heterocycles. The number of amides is 2. The van der Waals surface area contributed by atoms with E-state index in [4.69, 9.17) is 4.74 Å². The highest BCUT2D eigenvalue weighted by molar-refractivity contribution is 5.95. The Labute approximate surface area is 182 Å². The van der Waals surface area contributed by atoms with Crippen molar-refractivity contribution in [3.05, 3.63) is 65.5 Å². The zero-order valence-electron chi connectivity index (χ0n) is 18.2.